The minimum atomic E-state index is 0.344. The first-order chi connectivity index (χ1) is 7.10. The average Bonchev–Trinajstić information content (AvgIpc) is 2.24. The zero-order chi connectivity index (χ0) is 10.9. The molecule has 1 fully saturated rings. The van der Waals surface area contributed by atoms with E-state index in [1.165, 1.54) is 31.5 Å². The van der Waals surface area contributed by atoms with Crippen molar-refractivity contribution < 1.29 is 0 Å². The molecule has 0 amide bonds. The van der Waals surface area contributed by atoms with E-state index < -0.39 is 0 Å². The molecule has 0 aromatic heterocycles. The van der Waals surface area contributed by atoms with Crippen molar-refractivity contribution in [3.8, 4) is 0 Å². The monoisotopic (exact) mass is 223 g/mol. The fraction of sp³-hybridized carbons (Fsp3) is 0.538. The summed E-state index contributed by atoms with van der Waals surface area (Å²) in [7, 11) is 2.20. The Balaban J connectivity index is 2.18. The third-order valence-electron chi connectivity index (χ3n) is 3.63. The Morgan fingerprint density at radius 2 is 1.67 bits per heavy atom. The minimum absolute atomic E-state index is 0.344. The van der Waals surface area contributed by atoms with Gasteiger partial charge < -0.3 is 4.90 Å². The molecule has 2 heteroatoms. The van der Waals surface area contributed by atoms with E-state index in [1.54, 1.807) is 0 Å². The van der Waals surface area contributed by atoms with Gasteiger partial charge in [-0.25, -0.2) is 0 Å². The number of hydrogen-bond acceptors (Lipinski definition) is 1. The number of halogens is 1. The highest BCUT2D eigenvalue weighted by Crippen LogP contribution is 2.34. The van der Waals surface area contributed by atoms with E-state index in [0.29, 0.717) is 5.41 Å². The predicted octanol–water partition coefficient (Wildman–Crippen LogP) is 3.32. The molecule has 1 aromatic rings. The summed E-state index contributed by atoms with van der Waals surface area (Å²) in [4.78, 5) is 2.40. The molecule has 0 spiro atoms. The fourth-order valence-electron chi connectivity index (χ4n) is 2.25. The fourth-order valence-corrected chi connectivity index (χ4v) is 2.38. The maximum Gasteiger partial charge on any atom is 0.0406 e. The summed E-state index contributed by atoms with van der Waals surface area (Å²) < 4.78 is 0. The molecule has 1 aliphatic rings. The van der Waals surface area contributed by atoms with Gasteiger partial charge in [-0.2, -0.15) is 0 Å². The predicted molar refractivity (Wildman–Crippen MR) is 65.5 cm³/mol. The number of likely N-dealkylation sites (tertiary alicyclic amines) is 1. The Morgan fingerprint density at radius 1 is 1.13 bits per heavy atom. The first-order valence-corrected chi connectivity index (χ1v) is 5.93. The molecule has 1 saturated heterocycles. The van der Waals surface area contributed by atoms with E-state index in [1.807, 2.05) is 12.1 Å². The van der Waals surface area contributed by atoms with E-state index in [2.05, 4.69) is 31.0 Å². The molecular formula is C13H18ClN. The molecule has 1 aliphatic heterocycles. The smallest absolute Gasteiger partial charge is 0.0406 e. The Labute approximate surface area is 97.0 Å². The van der Waals surface area contributed by atoms with Crippen LogP contribution in [0.25, 0.3) is 0 Å². The number of hydrogen-bond donors (Lipinski definition) is 0. The first kappa shape index (κ1) is 11.0. The summed E-state index contributed by atoms with van der Waals surface area (Å²) in [6.45, 7) is 4.75. The summed E-state index contributed by atoms with van der Waals surface area (Å²) >= 11 is 5.91. The van der Waals surface area contributed by atoms with Gasteiger partial charge in [-0.15, -0.1) is 0 Å². The average molecular weight is 224 g/mol. The van der Waals surface area contributed by atoms with Crippen LogP contribution in [0.5, 0.6) is 0 Å². The highest BCUT2D eigenvalue weighted by Gasteiger charge is 2.30. The third-order valence-corrected chi connectivity index (χ3v) is 3.88. The molecule has 15 heavy (non-hydrogen) atoms. The van der Waals surface area contributed by atoms with Crippen LogP contribution in [0.1, 0.15) is 25.3 Å². The minimum Gasteiger partial charge on any atom is -0.306 e. The van der Waals surface area contributed by atoms with Gasteiger partial charge >= 0.3 is 0 Å². The van der Waals surface area contributed by atoms with Crippen LogP contribution in [-0.4, -0.2) is 25.0 Å². The molecule has 0 bridgehead atoms. The van der Waals surface area contributed by atoms with Crippen LogP contribution >= 0.6 is 11.6 Å². The lowest BCUT2D eigenvalue weighted by Crippen LogP contribution is -2.38. The second-order valence-electron chi connectivity index (χ2n) is 4.87. The van der Waals surface area contributed by atoms with Crippen LogP contribution in [0, 0.1) is 0 Å². The Hall–Kier alpha value is -0.530. The standard InChI is InChI=1S/C13H18ClN/c1-13(7-9-15(2)10-8-13)11-3-5-12(14)6-4-11/h3-6H,7-10H2,1-2H3. The number of benzene rings is 1. The second-order valence-corrected chi connectivity index (χ2v) is 5.31. The second kappa shape index (κ2) is 4.15. The Bertz CT molecular complexity index is 323. The maximum absolute atomic E-state index is 5.91. The summed E-state index contributed by atoms with van der Waals surface area (Å²) in [5.74, 6) is 0. The van der Waals surface area contributed by atoms with Gasteiger partial charge in [0.15, 0.2) is 0 Å². The van der Waals surface area contributed by atoms with Crippen LogP contribution in [0.4, 0.5) is 0 Å². The Kier molecular flexibility index (Phi) is 3.03. The largest absolute Gasteiger partial charge is 0.306 e. The van der Waals surface area contributed by atoms with Gasteiger partial charge in [-0.3, -0.25) is 0 Å². The van der Waals surface area contributed by atoms with Crippen molar-refractivity contribution in [3.05, 3.63) is 34.9 Å². The van der Waals surface area contributed by atoms with E-state index in [4.69, 9.17) is 11.6 Å². The quantitative estimate of drug-likeness (QED) is 0.706. The highest BCUT2D eigenvalue weighted by atomic mass is 35.5. The van der Waals surface area contributed by atoms with Crippen LogP contribution in [0.15, 0.2) is 24.3 Å². The normalized spacial score (nSPS) is 21.5. The van der Waals surface area contributed by atoms with Crippen molar-refractivity contribution in [2.75, 3.05) is 20.1 Å². The van der Waals surface area contributed by atoms with Crippen molar-refractivity contribution >= 4 is 11.6 Å². The van der Waals surface area contributed by atoms with Gasteiger partial charge in [-0.1, -0.05) is 30.7 Å². The summed E-state index contributed by atoms with van der Waals surface area (Å²) in [5, 5.41) is 0.829. The summed E-state index contributed by atoms with van der Waals surface area (Å²) in [5.41, 5.74) is 1.77. The molecule has 2 rings (SSSR count). The highest BCUT2D eigenvalue weighted by molar-refractivity contribution is 6.30. The van der Waals surface area contributed by atoms with Crippen LogP contribution < -0.4 is 0 Å². The third kappa shape index (κ3) is 2.35. The molecule has 0 radical (unpaired) electrons. The zero-order valence-corrected chi connectivity index (χ0v) is 10.2. The van der Waals surface area contributed by atoms with Crippen molar-refractivity contribution in [2.45, 2.75) is 25.2 Å². The molecule has 0 unspecified atom stereocenters. The lowest BCUT2D eigenvalue weighted by Gasteiger charge is -2.38. The molecule has 0 aliphatic carbocycles. The molecule has 0 atom stereocenters. The van der Waals surface area contributed by atoms with Crippen LogP contribution in [0.2, 0.25) is 5.02 Å². The van der Waals surface area contributed by atoms with Crippen molar-refractivity contribution in [1.29, 1.82) is 0 Å². The van der Waals surface area contributed by atoms with Crippen LogP contribution in [0.3, 0.4) is 0 Å². The SMILES string of the molecule is CN1CCC(C)(c2ccc(Cl)cc2)CC1. The molecule has 0 N–H and O–H groups in total. The lowest BCUT2D eigenvalue weighted by atomic mass is 9.75. The number of nitrogens with zero attached hydrogens (tertiary/aromatic N) is 1. The van der Waals surface area contributed by atoms with Crippen molar-refractivity contribution in [1.82, 2.24) is 4.90 Å². The maximum atomic E-state index is 5.91. The summed E-state index contributed by atoms with van der Waals surface area (Å²) in [6, 6.07) is 8.35. The molecule has 0 saturated carbocycles. The zero-order valence-electron chi connectivity index (χ0n) is 9.46. The lowest BCUT2D eigenvalue weighted by molar-refractivity contribution is 0.200. The molecule has 1 heterocycles. The van der Waals surface area contributed by atoms with Gasteiger partial charge in [-0.05, 0) is 56.1 Å². The topological polar surface area (TPSA) is 3.24 Å². The van der Waals surface area contributed by atoms with Gasteiger partial charge in [0.05, 0.1) is 0 Å². The molecule has 1 aromatic carbocycles. The van der Waals surface area contributed by atoms with E-state index in [-0.39, 0.29) is 0 Å². The Morgan fingerprint density at radius 3 is 2.20 bits per heavy atom. The summed E-state index contributed by atoms with van der Waals surface area (Å²) in [6.07, 6.45) is 2.48. The van der Waals surface area contributed by atoms with E-state index in [9.17, 15) is 0 Å². The number of rotatable bonds is 1. The van der Waals surface area contributed by atoms with E-state index in [0.717, 1.165) is 5.02 Å². The molecule has 1 nitrogen and oxygen atoms in total. The molecular weight excluding hydrogens is 206 g/mol. The van der Waals surface area contributed by atoms with Crippen LogP contribution in [-0.2, 0) is 5.41 Å². The van der Waals surface area contributed by atoms with Crippen molar-refractivity contribution in [2.24, 2.45) is 0 Å². The van der Waals surface area contributed by atoms with Crippen molar-refractivity contribution in [3.63, 3.8) is 0 Å². The van der Waals surface area contributed by atoms with E-state index >= 15 is 0 Å². The van der Waals surface area contributed by atoms with Gasteiger partial charge in [0.1, 0.15) is 0 Å². The number of piperidine rings is 1. The van der Waals surface area contributed by atoms with Gasteiger partial charge in [0, 0.05) is 5.02 Å². The first-order valence-electron chi connectivity index (χ1n) is 5.55. The van der Waals surface area contributed by atoms with Gasteiger partial charge in [0.25, 0.3) is 0 Å². The molecule has 82 valence electrons. The van der Waals surface area contributed by atoms with Gasteiger partial charge in [0.2, 0.25) is 0 Å².